The third-order valence-corrected chi connectivity index (χ3v) is 4.66. The molecule has 0 unspecified atom stereocenters. The molecule has 0 amide bonds. The molecule has 1 aromatic carbocycles. The largest absolute Gasteiger partial charge is 0.494 e. The number of halogens is 1. The van der Waals surface area contributed by atoms with E-state index >= 15 is 0 Å². The second kappa shape index (κ2) is 6.20. The highest BCUT2D eigenvalue weighted by Gasteiger charge is 2.19. The molecule has 0 radical (unpaired) electrons. The van der Waals surface area contributed by atoms with Crippen LogP contribution in [0, 0.1) is 5.92 Å². The fourth-order valence-electron chi connectivity index (χ4n) is 3.03. The number of fused-ring (bicyclic) bond motifs is 1. The number of methoxy groups -OCH3 is 1. The molecule has 1 fully saturated rings. The van der Waals surface area contributed by atoms with E-state index in [0.717, 1.165) is 52.8 Å². The predicted molar refractivity (Wildman–Crippen MR) is 87.0 cm³/mol. The minimum Gasteiger partial charge on any atom is -0.494 e. The molecule has 0 N–H and O–H groups in total. The highest BCUT2D eigenvalue weighted by atomic mass is 35.5. The van der Waals surface area contributed by atoms with E-state index in [1.54, 1.807) is 13.3 Å². The van der Waals surface area contributed by atoms with Crippen LogP contribution in [0.2, 0.25) is 5.02 Å². The van der Waals surface area contributed by atoms with E-state index in [-0.39, 0.29) is 0 Å². The second-order valence-electron chi connectivity index (χ2n) is 5.91. The Labute approximate surface area is 130 Å². The van der Waals surface area contributed by atoms with Gasteiger partial charge in [-0.3, -0.25) is 9.88 Å². The number of pyridine rings is 1. The first-order valence-corrected chi connectivity index (χ1v) is 7.89. The Morgan fingerprint density at radius 3 is 2.86 bits per heavy atom. The van der Waals surface area contributed by atoms with Crippen molar-refractivity contribution in [3.05, 3.63) is 35.0 Å². The van der Waals surface area contributed by atoms with Crippen LogP contribution < -0.4 is 4.74 Å². The summed E-state index contributed by atoms with van der Waals surface area (Å²) in [7, 11) is 1.71. The zero-order valence-electron chi connectivity index (χ0n) is 12.6. The van der Waals surface area contributed by atoms with Gasteiger partial charge in [-0.2, -0.15) is 0 Å². The zero-order valence-corrected chi connectivity index (χ0v) is 13.4. The number of nitrogens with zero attached hydrogens (tertiary/aromatic N) is 2. The summed E-state index contributed by atoms with van der Waals surface area (Å²) < 4.78 is 5.63. The van der Waals surface area contributed by atoms with Crippen LogP contribution in [-0.4, -0.2) is 30.1 Å². The molecule has 3 rings (SSSR count). The Balaban J connectivity index is 1.94. The molecule has 0 saturated carbocycles. The summed E-state index contributed by atoms with van der Waals surface area (Å²) in [5, 5.41) is 1.70. The number of benzene rings is 1. The van der Waals surface area contributed by atoms with Crippen LogP contribution in [0.4, 0.5) is 0 Å². The Kier molecular flexibility index (Phi) is 4.32. The SMILES string of the molecule is COc1c(CN2CCC(C)CC2)cc(Cl)c2cccnc12. The van der Waals surface area contributed by atoms with Crippen molar-refractivity contribution >= 4 is 22.5 Å². The predicted octanol–water partition coefficient (Wildman–Crippen LogP) is 4.13. The number of likely N-dealkylation sites (tertiary alicyclic amines) is 1. The molecule has 1 saturated heterocycles. The molecule has 0 spiro atoms. The van der Waals surface area contributed by atoms with Gasteiger partial charge < -0.3 is 4.74 Å². The van der Waals surface area contributed by atoms with Gasteiger partial charge in [0, 0.05) is 23.7 Å². The fraction of sp³-hybridized carbons (Fsp3) is 0.471. The summed E-state index contributed by atoms with van der Waals surface area (Å²) in [5.74, 6) is 1.69. The number of ether oxygens (including phenoxy) is 1. The number of piperidine rings is 1. The average Bonchev–Trinajstić information content (AvgIpc) is 2.50. The van der Waals surface area contributed by atoms with Gasteiger partial charge in [0.1, 0.15) is 11.3 Å². The third kappa shape index (κ3) is 2.99. The highest BCUT2D eigenvalue weighted by molar-refractivity contribution is 6.35. The van der Waals surface area contributed by atoms with Gasteiger partial charge >= 0.3 is 0 Å². The van der Waals surface area contributed by atoms with E-state index in [1.807, 2.05) is 18.2 Å². The van der Waals surface area contributed by atoms with Gasteiger partial charge in [0.25, 0.3) is 0 Å². The second-order valence-corrected chi connectivity index (χ2v) is 6.32. The Morgan fingerprint density at radius 2 is 2.14 bits per heavy atom. The summed E-state index contributed by atoms with van der Waals surface area (Å²) in [6.07, 6.45) is 4.32. The molecular weight excluding hydrogens is 284 g/mol. The van der Waals surface area contributed by atoms with E-state index in [9.17, 15) is 0 Å². The molecule has 1 aliphatic rings. The van der Waals surface area contributed by atoms with Crippen molar-refractivity contribution in [2.45, 2.75) is 26.3 Å². The fourth-order valence-corrected chi connectivity index (χ4v) is 3.32. The van der Waals surface area contributed by atoms with E-state index < -0.39 is 0 Å². The summed E-state index contributed by atoms with van der Waals surface area (Å²) in [6.45, 7) is 5.49. The monoisotopic (exact) mass is 304 g/mol. The van der Waals surface area contributed by atoms with Crippen molar-refractivity contribution in [1.29, 1.82) is 0 Å². The van der Waals surface area contributed by atoms with Gasteiger partial charge in [-0.05, 0) is 50.0 Å². The third-order valence-electron chi connectivity index (χ3n) is 4.35. The summed E-state index contributed by atoms with van der Waals surface area (Å²) in [6, 6.07) is 5.92. The minimum atomic E-state index is 0.749. The lowest BCUT2D eigenvalue weighted by molar-refractivity contribution is 0.183. The summed E-state index contributed by atoms with van der Waals surface area (Å²) in [5.41, 5.74) is 1.98. The van der Waals surface area contributed by atoms with Crippen molar-refractivity contribution in [3.63, 3.8) is 0 Å². The smallest absolute Gasteiger partial charge is 0.149 e. The van der Waals surface area contributed by atoms with Gasteiger partial charge in [0.15, 0.2) is 0 Å². The van der Waals surface area contributed by atoms with Crippen LogP contribution >= 0.6 is 11.6 Å². The quantitative estimate of drug-likeness (QED) is 0.852. The molecule has 1 aromatic heterocycles. The normalized spacial score (nSPS) is 17.3. The molecule has 3 nitrogen and oxygen atoms in total. The van der Waals surface area contributed by atoms with E-state index in [1.165, 1.54) is 12.8 Å². The minimum absolute atomic E-state index is 0.749. The first-order valence-electron chi connectivity index (χ1n) is 7.51. The summed E-state index contributed by atoms with van der Waals surface area (Å²) >= 11 is 6.42. The summed E-state index contributed by atoms with van der Waals surface area (Å²) in [4.78, 5) is 6.93. The topological polar surface area (TPSA) is 25.4 Å². The molecule has 4 heteroatoms. The molecule has 0 bridgehead atoms. The molecule has 0 atom stereocenters. The van der Waals surface area contributed by atoms with E-state index in [4.69, 9.17) is 16.3 Å². The number of rotatable bonds is 3. The Morgan fingerprint density at radius 1 is 1.38 bits per heavy atom. The average molecular weight is 305 g/mol. The van der Waals surface area contributed by atoms with Crippen LogP contribution in [0.15, 0.2) is 24.4 Å². The molecule has 112 valence electrons. The lowest BCUT2D eigenvalue weighted by atomic mass is 9.98. The number of hydrogen-bond acceptors (Lipinski definition) is 3. The molecule has 0 aliphatic carbocycles. The molecule has 1 aliphatic heterocycles. The lowest BCUT2D eigenvalue weighted by Gasteiger charge is -2.30. The zero-order chi connectivity index (χ0) is 14.8. The van der Waals surface area contributed by atoms with Crippen LogP contribution in [0.3, 0.4) is 0 Å². The van der Waals surface area contributed by atoms with Crippen molar-refractivity contribution in [3.8, 4) is 5.75 Å². The maximum Gasteiger partial charge on any atom is 0.149 e. The first-order chi connectivity index (χ1) is 10.2. The van der Waals surface area contributed by atoms with Gasteiger partial charge in [-0.25, -0.2) is 0 Å². The Hall–Kier alpha value is -1.32. The molecule has 21 heavy (non-hydrogen) atoms. The van der Waals surface area contributed by atoms with Gasteiger partial charge in [0.2, 0.25) is 0 Å². The number of aromatic nitrogens is 1. The van der Waals surface area contributed by atoms with Crippen LogP contribution in [0.1, 0.15) is 25.3 Å². The molecular formula is C17H21ClN2O. The number of hydrogen-bond donors (Lipinski definition) is 0. The van der Waals surface area contributed by atoms with Crippen LogP contribution in [-0.2, 0) is 6.54 Å². The highest BCUT2D eigenvalue weighted by Crippen LogP contribution is 2.34. The van der Waals surface area contributed by atoms with Gasteiger partial charge in [-0.1, -0.05) is 18.5 Å². The van der Waals surface area contributed by atoms with Crippen molar-refractivity contribution < 1.29 is 4.74 Å². The first kappa shape index (κ1) is 14.6. The Bertz CT molecular complexity index is 636. The van der Waals surface area contributed by atoms with Gasteiger partial charge in [0.05, 0.1) is 12.1 Å². The van der Waals surface area contributed by atoms with Gasteiger partial charge in [-0.15, -0.1) is 0 Å². The van der Waals surface area contributed by atoms with Crippen LogP contribution in [0.25, 0.3) is 10.9 Å². The van der Waals surface area contributed by atoms with Crippen molar-refractivity contribution in [2.75, 3.05) is 20.2 Å². The maximum absolute atomic E-state index is 6.42. The standard InChI is InChI=1S/C17H21ClN2O/c1-12-5-8-20(9-6-12)11-13-10-15(18)14-4-3-7-19-16(14)17(13)21-2/h3-4,7,10,12H,5-6,8-9,11H2,1-2H3. The van der Waals surface area contributed by atoms with E-state index in [2.05, 4.69) is 16.8 Å². The van der Waals surface area contributed by atoms with Crippen molar-refractivity contribution in [2.24, 2.45) is 5.92 Å². The molecule has 2 heterocycles. The maximum atomic E-state index is 6.42. The lowest BCUT2D eigenvalue weighted by Crippen LogP contribution is -2.32. The van der Waals surface area contributed by atoms with Crippen molar-refractivity contribution in [1.82, 2.24) is 9.88 Å². The van der Waals surface area contributed by atoms with E-state index in [0.29, 0.717) is 0 Å². The molecule has 2 aromatic rings. The van der Waals surface area contributed by atoms with Crippen LogP contribution in [0.5, 0.6) is 5.75 Å².